The van der Waals surface area contributed by atoms with Gasteiger partial charge in [-0.3, -0.25) is 4.90 Å². The first-order chi connectivity index (χ1) is 13.4. The van der Waals surface area contributed by atoms with Gasteiger partial charge >= 0.3 is 0 Å². The van der Waals surface area contributed by atoms with Gasteiger partial charge in [0.2, 0.25) is 0 Å². The first kappa shape index (κ1) is 21.9. The number of rotatable bonds is 5. The number of halogens is 2. The van der Waals surface area contributed by atoms with Gasteiger partial charge < -0.3 is 5.32 Å². The molecule has 1 N–H and O–H groups in total. The number of piperazine rings is 1. The van der Waals surface area contributed by atoms with Crippen molar-refractivity contribution in [3.8, 4) is 0 Å². The fourth-order valence-electron chi connectivity index (χ4n) is 4.85. The number of benzene rings is 4. The molecule has 1 aliphatic rings. The zero-order chi connectivity index (χ0) is 18.2. The van der Waals surface area contributed by atoms with E-state index in [1.807, 2.05) is 0 Å². The number of nitrogens with one attached hydrogen (secondary N) is 1. The van der Waals surface area contributed by atoms with Crippen molar-refractivity contribution in [3.63, 3.8) is 0 Å². The molecule has 0 aromatic heterocycles. The van der Waals surface area contributed by atoms with Gasteiger partial charge in [0.15, 0.2) is 0 Å². The Labute approximate surface area is 185 Å². The minimum Gasteiger partial charge on any atom is -0.314 e. The Morgan fingerprint density at radius 1 is 0.862 bits per heavy atom. The van der Waals surface area contributed by atoms with Crippen LogP contribution in [0.5, 0.6) is 0 Å². The third-order valence-electron chi connectivity index (χ3n) is 6.16. The molecule has 1 atom stereocenters. The monoisotopic (exact) mass is 426 g/mol. The molecule has 0 amide bonds. The first-order valence-corrected chi connectivity index (χ1v) is 10.1. The van der Waals surface area contributed by atoms with E-state index in [2.05, 4.69) is 77.5 Å². The zero-order valence-corrected chi connectivity index (χ0v) is 18.2. The lowest BCUT2D eigenvalue weighted by Crippen LogP contribution is -2.45. The Hall–Kier alpha value is -1.84. The largest absolute Gasteiger partial charge is 0.314 e. The Morgan fingerprint density at radius 2 is 1.48 bits per heavy atom. The van der Waals surface area contributed by atoms with Crippen LogP contribution in [-0.2, 0) is 0 Å². The van der Waals surface area contributed by atoms with Gasteiger partial charge in [0.1, 0.15) is 0 Å². The second-order valence-corrected chi connectivity index (χ2v) is 7.68. The second kappa shape index (κ2) is 9.32. The highest BCUT2D eigenvalue weighted by Crippen LogP contribution is 2.39. The summed E-state index contributed by atoms with van der Waals surface area (Å²) in [4.78, 5) is 2.66. The van der Waals surface area contributed by atoms with Crippen LogP contribution < -0.4 is 5.32 Å². The summed E-state index contributed by atoms with van der Waals surface area (Å²) < 4.78 is 0. The van der Waals surface area contributed by atoms with Crippen LogP contribution in [0.3, 0.4) is 0 Å². The molecule has 0 bridgehead atoms. The average Bonchev–Trinajstić information content (AvgIpc) is 2.74. The van der Waals surface area contributed by atoms with Crippen molar-refractivity contribution < 1.29 is 0 Å². The van der Waals surface area contributed by atoms with Gasteiger partial charge in [-0.05, 0) is 50.7 Å². The minimum atomic E-state index is 0. The quantitative estimate of drug-likeness (QED) is 0.295. The van der Waals surface area contributed by atoms with Gasteiger partial charge in [-0.2, -0.15) is 0 Å². The first-order valence-electron chi connectivity index (χ1n) is 10.1. The third kappa shape index (κ3) is 3.83. The molecule has 0 unspecified atom stereocenters. The molecule has 29 heavy (non-hydrogen) atoms. The molecule has 1 aliphatic heterocycles. The van der Waals surface area contributed by atoms with Crippen LogP contribution >= 0.6 is 24.8 Å². The lowest BCUT2D eigenvalue weighted by Gasteiger charge is -2.36. The summed E-state index contributed by atoms with van der Waals surface area (Å²) in [6.07, 6.45) is 4.25. The SMILES string of the molecule is C=CCC[C@@H](c1ccc2ccc3cccc4ccc1c2c34)N1CCNCC1.Cl.Cl. The molecular formula is C25H28Cl2N2. The van der Waals surface area contributed by atoms with Gasteiger partial charge in [0.05, 0.1) is 0 Å². The summed E-state index contributed by atoms with van der Waals surface area (Å²) in [7, 11) is 0. The topological polar surface area (TPSA) is 15.3 Å². The maximum absolute atomic E-state index is 3.97. The molecule has 4 heteroatoms. The van der Waals surface area contributed by atoms with Crippen molar-refractivity contribution in [2.75, 3.05) is 26.2 Å². The number of hydrogen-bond donors (Lipinski definition) is 1. The van der Waals surface area contributed by atoms with Crippen LogP contribution in [0.25, 0.3) is 32.3 Å². The van der Waals surface area contributed by atoms with Crippen LogP contribution in [0.4, 0.5) is 0 Å². The molecule has 5 rings (SSSR count). The summed E-state index contributed by atoms with van der Waals surface area (Å²) >= 11 is 0. The molecule has 1 saturated heterocycles. The highest BCUT2D eigenvalue weighted by atomic mass is 35.5. The lowest BCUT2D eigenvalue weighted by molar-refractivity contribution is 0.167. The van der Waals surface area contributed by atoms with Crippen LogP contribution in [-0.4, -0.2) is 31.1 Å². The molecule has 0 aliphatic carbocycles. The molecule has 4 aromatic carbocycles. The normalized spacial score (nSPS) is 15.9. The lowest BCUT2D eigenvalue weighted by atomic mass is 9.88. The molecular weight excluding hydrogens is 399 g/mol. The van der Waals surface area contributed by atoms with Crippen molar-refractivity contribution in [2.45, 2.75) is 18.9 Å². The predicted molar refractivity (Wildman–Crippen MR) is 131 cm³/mol. The van der Waals surface area contributed by atoms with E-state index >= 15 is 0 Å². The molecule has 0 saturated carbocycles. The van der Waals surface area contributed by atoms with Gasteiger partial charge in [0.25, 0.3) is 0 Å². The zero-order valence-electron chi connectivity index (χ0n) is 16.6. The standard InChI is InChI=1S/C25H26N2.2ClH/c1-2-3-7-23(27-16-14-26-15-17-27)21-12-10-20-9-8-18-5-4-6-19-11-13-22(21)25(20)24(18)19;;/h2,4-6,8-13,23,26H,1,3,7,14-17H2;2*1H/t23-;;/m0../s1. The maximum atomic E-state index is 3.97. The van der Waals surface area contributed by atoms with Crippen molar-refractivity contribution in [2.24, 2.45) is 0 Å². The fraction of sp³-hybridized carbons (Fsp3) is 0.280. The minimum absolute atomic E-state index is 0. The smallest absolute Gasteiger partial charge is 0.0358 e. The highest BCUT2D eigenvalue weighted by molar-refractivity contribution is 6.23. The van der Waals surface area contributed by atoms with Gasteiger partial charge in [0, 0.05) is 32.2 Å². The second-order valence-electron chi connectivity index (χ2n) is 7.68. The average molecular weight is 427 g/mol. The van der Waals surface area contributed by atoms with E-state index < -0.39 is 0 Å². The van der Waals surface area contributed by atoms with Gasteiger partial charge in [-0.25, -0.2) is 0 Å². The van der Waals surface area contributed by atoms with Gasteiger partial charge in [-0.15, -0.1) is 31.4 Å². The van der Waals surface area contributed by atoms with E-state index in [9.17, 15) is 0 Å². The van der Waals surface area contributed by atoms with Crippen LogP contribution in [0, 0.1) is 0 Å². The van der Waals surface area contributed by atoms with Gasteiger partial charge in [-0.1, -0.05) is 60.7 Å². The van der Waals surface area contributed by atoms with Crippen molar-refractivity contribution >= 4 is 57.1 Å². The van der Waals surface area contributed by atoms with Crippen molar-refractivity contribution in [3.05, 3.63) is 72.8 Å². The molecule has 4 aromatic rings. The van der Waals surface area contributed by atoms with Crippen LogP contribution in [0.15, 0.2) is 67.3 Å². The molecule has 152 valence electrons. The highest BCUT2D eigenvalue weighted by Gasteiger charge is 2.24. The molecule has 1 heterocycles. The molecule has 0 spiro atoms. The Bertz CT molecular complexity index is 1090. The van der Waals surface area contributed by atoms with Crippen LogP contribution in [0.1, 0.15) is 24.4 Å². The van der Waals surface area contributed by atoms with E-state index in [1.54, 1.807) is 0 Å². The summed E-state index contributed by atoms with van der Waals surface area (Å²) in [5, 5.41) is 11.8. The van der Waals surface area contributed by atoms with E-state index in [-0.39, 0.29) is 24.8 Å². The van der Waals surface area contributed by atoms with E-state index in [0.717, 1.165) is 39.0 Å². The summed E-state index contributed by atoms with van der Waals surface area (Å²) in [5.74, 6) is 0. The van der Waals surface area contributed by atoms with E-state index in [1.165, 1.54) is 37.9 Å². The Morgan fingerprint density at radius 3 is 2.17 bits per heavy atom. The van der Waals surface area contributed by atoms with E-state index in [0.29, 0.717) is 6.04 Å². The Kier molecular flexibility index (Phi) is 7.02. The summed E-state index contributed by atoms with van der Waals surface area (Å²) in [6, 6.07) is 21.0. The van der Waals surface area contributed by atoms with E-state index in [4.69, 9.17) is 0 Å². The van der Waals surface area contributed by atoms with Crippen LogP contribution in [0.2, 0.25) is 0 Å². The molecule has 0 radical (unpaired) electrons. The molecule has 1 fully saturated rings. The van der Waals surface area contributed by atoms with Crippen molar-refractivity contribution in [1.82, 2.24) is 10.2 Å². The number of nitrogens with zero attached hydrogens (tertiary/aromatic N) is 1. The summed E-state index contributed by atoms with van der Waals surface area (Å²) in [5.41, 5.74) is 1.48. The van der Waals surface area contributed by atoms with Crippen molar-refractivity contribution in [1.29, 1.82) is 0 Å². The fourth-order valence-corrected chi connectivity index (χ4v) is 4.85. The number of hydrogen-bond acceptors (Lipinski definition) is 2. The maximum Gasteiger partial charge on any atom is 0.0358 e. The number of allylic oxidation sites excluding steroid dienone is 1. The Balaban J connectivity index is 0.00000120. The third-order valence-corrected chi connectivity index (χ3v) is 6.16. The summed E-state index contributed by atoms with van der Waals surface area (Å²) in [6.45, 7) is 8.36. The predicted octanol–water partition coefficient (Wildman–Crippen LogP) is 6.34. The molecule has 2 nitrogen and oxygen atoms in total.